The summed E-state index contributed by atoms with van der Waals surface area (Å²) < 4.78 is 38.3. The van der Waals surface area contributed by atoms with Crippen molar-refractivity contribution in [2.75, 3.05) is 5.32 Å². The van der Waals surface area contributed by atoms with Gasteiger partial charge in [-0.3, -0.25) is 4.79 Å². The lowest BCUT2D eigenvalue weighted by atomic mass is 10.0. The minimum atomic E-state index is -4.70. The quantitative estimate of drug-likeness (QED) is 0.832. The van der Waals surface area contributed by atoms with Crippen molar-refractivity contribution in [2.45, 2.75) is 32.9 Å². The molecule has 1 amide bonds. The Labute approximate surface area is 147 Å². The predicted molar refractivity (Wildman–Crippen MR) is 89.3 cm³/mol. The van der Waals surface area contributed by atoms with Gasteiger partial charge in [-0.25, -0.2) is 9.78 Å². The SMILES string of the molecule is CCc1ccc(NC(=O)c2ccc(C(F)(F)F)cc2C(=O)O)nc1CC. The largest absolute Gasteiger partial charge is 0.478 e. The van der Waals surface area contributed by atoms with Crippen LogP contribution in [-0.4, -0.2) is 22.0 Å². The van der Waals surface area contributed by atoms with Gasteiger partial charge in [-0.1, -0.05) is 19.9 Å². The number of aromatic nitrogens is 1. The summed E-state index contributed by atoms with van der Waals surface area (Å²) in [5.74, 6) is -2.25. The Morgan fingerprint density at radius 1 is 1.08 bits per heavy atom. The molecule has 5 nitrogen and oxygen atoms in total. The Morgan fingerprint density at radius 3 is 2.31 bits per heavy atom. The second-order valence-corrected chi connectivity index (χ2v) is 5.53. The number of carboxylic acid groups (broad SMARTS) is 1. The van der Waals surface area contributed by atoms with Crippen LogP contribution in [0.5, 0.6) is 0 Å². The number of nitrogens with one attached hydrogen (secondary N) is 1. The third-order valence-electron chi connectivity index (χ3n) is 3.85. The molecule has 2 aromatic rings. The molecule has 0 saturated heterocycles. The highest BCUT2D eigenvalue weighted by Crippen LogP contribution is 2.30. The fraction of sp³-hybridized carbons (Fsp3) is 0.278. The lowest BCUT2D eigenvalue weighted by molar-refractivity contribution is -0.137. The van der Waals surface area contributed by atoms with Crippen LogP contribution in [-0.2, 0) is 19.0 Å². The molecule has 0 unspecified atom stereocenters. The molecule has 8 heteroatoms. The summed E-state index contributed by atoms with van der Waals surface area (Å²) >= 11 is 0. The number of anilines is 1. The molecular formula is C18H17F3N2O3. The van der Waals surface area contributed by atoms with Crippen molar-refractivity contribution in [1.29, 1.82) is 0 Å². The summed E-state index contributed by atoms with van der Waals surface area (Å²) in [7, 11) is 0. The van der Waals surface area contributed by atoms with Gasteiger partial charge in [0.05, 0.1) is 16.7 Å². The number of alkyl halides is 3. The second-order valence-electron chi connectivity index (χ2n) is 5.53. The van der Waals surface area contributed by atoms with Crippen molar-refractivity contribution in [3.8, 4) is 0 Å². The van der Waals surface area contributed by atoms with Crippen LogP contribution < -0.4 is 5.32 Å². The third kappa shape index (κ3) is 4.19. The molecule has 2 rings (SSSR count). The number of carbonyl (C=O) groups excluding carboxylic acids is 1. The molecule has 26 heavy (non-hydrogen) atoms. The molecule has 1 heterocycles. The first kappa shape index (κ1) is 19.4. The first-order valence-electron chi connectivity index (χ1n) is 7.92. The molecule has 138 valence electrons. The molecule has 0 spiro atoms. The maximum absolute atomic E-state index is 12.8. The number of aryl methyl sites for hydroxylation is 2. The van der Waals surface area contributed by atoms with E-state index in [0.717, 1.165) is 23.7 Å². The summed E-state index contributed by atoms with van der Waals surface area (Å²) in [6.45, 7) is 3.88. The van der Waals surface area contributed by atoms with E-state index in [1.165, 1.54) is 0 Å². The standard InChI is InChI=1S/C18H17F3N2O3/c1-3-10-5-8-15(22-14(10)4-2)23-16(24)12-7-6-11(18(19,20)21)9-13(12)17(25)26/h5-9H,3-4H2,1-2H3,(H,25,26)(H,22,23,24). The molecular weight excluding hydrogens is 349 g/mol. The first-order valence-corrected chi connectivity index (χ1v) is 7.92. The minimum absolute atomic E-state index is 0.209. The Balaban J connectivity index is 2.36. The zero-order valence-electron chi connectivity index (χ0n) is 14.1. The van der Waals surface area contributed by atoms with Crippen LogP contribution in [0.3, 0.4) is 0 Å². The van der Waals surface area contributed by atoms with Crippen molar-refractivity contribution in [2.24, 2.45) is 0 Å². The molecule has 0 aliphatic carbocycles. The van der Waals surface area contributed by atoms with Gasteiger partial charge >= 0.3 is 12.1 Å². The zero-order valence-corrected chi connectivity index (χ0v) is 14.1. The lowest BCUT2D eigenvalue weighted by Gasteiger charge is -2.12. The molecule has 1 aromatic carbocycles. The summed E-state index contributed by atoms with van der Waals surface area (Å²) in [6.07, 6.45) is -3.28. The average Bonchev–Trinajstić information content (AvgIpc) is 2.60. The van der Waals surface area contributed by atoms with Crippen LogP contribution in [0.1, 0.15) is 51.4 Å². The van der Waals surface area contributed by atoms with Crippen LogP contribution >= 0.6 is 0 Å². The molecule has 0 fully saturated rings. The monoisotopic (exact) mass is 366 g/mol. The second kappa shape index (κ2) is 7.55. The van der Waals surface area contributed by atoms with E-state index < -0.39 is 29.2 Å². The molecule has 0 bridgehead atoms. The number of aromatic carboxylic acids is 1. The molecule has 0 atom stereocenters. The summed E-state index contributed by atoms with van der Waals surface area (Å²) in [4.78, 5) is 27.9. The number of nitrogens with zero attached hydrogens (tertiary/aromatic N) is 1. The Bertz CT molecular complexity index is 848. The Kier molecular flexibility index (Phi) is 5.64. The number of carbonyl (C=O) groups is 2. The highest BCUT2D eigenvalue weighted by atomic mass is 19.4. The van der Waals surface area contributed by atoms with Gasteiger partial charge in [0.25, 0.3) is 5.91 Å². The maximum Gasteiger partial charge on any atom is 0.416 e. The van der Waals surface area contributed by atoms with Crippen LogP contribution in [0.15, 0.2) is 30.3 Å². The van der Waals surface area contributed by atoms with E-state index in [0.29, 0.717) is 18.6 Å². The van der Waals surface area contributed by atoms with E-state index in [9.17, 15) is 22.8 Å². The van der Waals surface area contributed by atoms with Gasteiger partial charge in [-0.2, -0.15) is 13.2 Å². The van der Waals surface area contributed by atoms with Crippen molar-refractivity contribution < 1.29 is 27.9 Å². The number of carboxylic acids is 1. The third-order valence-corrected chi connectivity index (χ3v) is 3.85. The average molecular weight is 366 g/mol. The molecule has 0 aliphatic rings. The van der Waals surface area contributed by atoms with Crippen LogP contribution in [0, 0.1) is 0 Å². The van der Waals surface area contributed by atoms with E-state index in [-0.39, 0.29) is 11.4 Å². The fourth-order valence-electron chi connectivity index (χ4n) is 2.51. The number of pyridine rings is 1. The molecule has 0 aliphatic heterocycles. The fourth-order valence-corrected chi connectivity index (χ4v) is 2.51. The molecule has 0 saturated carbocycles. The number of rotatable bonds is 5. The molecule has 0 radical (unpaired) electrons. The van der Waals surface area contributed by atoms with Crippen LogP contribution in [0.2, 0.25) is 0 Å². The highest BCUT2D eigenvalue weighted by Gasteiger charge is 2.32. The molecule has 2 N–H and O–H groups in total. The van der Waals surface area contributed by atoms with Crippen LogP contribution in [0.4, 0.5) is 19.0 Å². The van der Waals surface area contributed by atoms with E-state index >= 15 is 0 Å². The van der Waals surface area contributed by atoms with Gasteiger partial charge in [0.1, 0.15) is 5.82 Å². The summed E-state index contributed by atoms with van der Waals surface area (Å²) in [5.41, 5.74) is -0.421. The van der Waals surface area contributed by atoms with Crippen molar-refractivity contribution in [3.63, 3.8) is 0 Å². The van der Waals surface area contributed by atoms with E-state index in [1.807, 2.05) is 13.8 Å². The van der Waals surface area contributed by atoms with Gasteiger partial charge < -0.3 is 10.4 Å². The number of hydrogen-bond donors (Lipinski definition) is 2. The first-order chi connectivity index (χ1) is 12.2. The Morgan fingerprint density at radius 2 is 1.77 bits per heavy atom. The van der Waals surface area contributed by atoms with E-state index in [2.05, 4.69) is 10.3 Å². The van der Waals surface area contributed by atoms with Gasteiger partial charge in [0.2, 0.25) is 0 Å². The van der Waals surface area contributed by atoms with E-state index in [4.69, 9.17) is 5.11 Å². The zero-order chi connectivity index (χ0) is 19.5. The minimum Gasteiger partial charge on any atom is -0.478 e. The topological polar surface area (TPSA) is 79.3 Å². The highest BCUT2D eigenvalue weighted by molar-refractivity contribution is 6.10. The number of hydrogen-bond acceptors (Lipinski definition) is 3. The lowest BCUT2D eigenvalue weighted by Crippen LogP contribution is -2.19. The summed E-state index contributed by atoms with van der Waals surface area (Å²) in [6, 6.07) is 5.34. The van der Waals surface area contributed by atoms with Gasteiger partial charge in [0, 0.05) is 5.69 Å². The number of amides is 1. The maximum atomic E-state index is 12.8. The number of benzene rings is 1. The smallest absolute Gasteiger partial charge is 0.416 e. The normalized spacial score (nSPS) is 11.3. The summed E-state index contributed by atoms with van der Waals surface area (Å²) in [5, 5.41) is 11.6. The van der Waals surface area contributed by atoms with Gasteiger partial charge in [-0.15, -0.1) is 0 Å². The van der Waals surface area contributed by atoms with Crippen LogP contribution in [0.25, 0.3) is 0 Å². The van der Waals surface area contributed by atoms with Crippen molar-refractivity contribution in [1.82, 2.24) is 4.98 Å². The predicted octanol–water partition coefficient (Wildman–Crippen LogP) is 4.18. The Hall–Kier alpha value is -2.90. The van der Waals surface area contributed by atoms with Crippen molar-refractivity contribution in [3.05, 3.63) is 58.3 Å². The van der Waals surface area contributed by atoms with E-state index in [1.54, 1.807) is 12.1 Å². The van der Waals surface area contributed by atoms with Gasteiger partial charge in [0.15, 0.2) is 0 Å². The van der Waals surface area contributed by atoms with Gasteiger partial charge in [-0.05, 0) is 42.7 Å². The van der Waals surface area contributed by atoms with Crippen molar-refractivity contribution >= 4 is 17.7 Å². The molecule has 1 aromatic heterocycles. The number of halogens is 3.